The van der Waals surface area contributed by atoms with E-state index in [2.05, 4.69) is 31.6 Å². The average molecular weight is 730 g/mol. The molecule has 0 saturated carbocycles. The van der Waals surface area contributed by atoms with Gasteiger partial charge in [-0.2, -0.15) is 0 Å². The Morgan fingerprint density at radius 3 is 1.67 bits per heavy atom. The Morgan fingerprint density at radius 2 is 1.12 bits per heavy atom. The first-order chi connectivity index (χ1) is 23.6. The van der Waals surface area contributed by atoms with Gasteiger partial charge in [-0.1, -0.05) is 25.7 Å². The lowest BCUT2D eigenvalue weighted by Crippen LogP contribution is -2.45. The zero-order chi connectivity index (χ0) is 39.1. The zero-order valence-corrected chi connectivity index (χ0v) is 32.8. The predicted octanol–water partition coefficient (Wildman–Crippen LogP) is 5.13. The maximum Gasteiger partial charge on any atom is 0.437 e. The second-order valence-electron chi connectivity index (χ2n) is 15.5. The van der Waals surface area contributed by atoms with Crippen molar-refractivity contribution in [2.75, 3.05) is 32.7 Å². The van der Waals surface area contributed by atoms with Crippen LogP contribution in [-0.4, -0.2) is 102 Å². The molecule has 1 unspecified atom stereocenters. The number of hydrogen-bond acceptors (Lipinski definition) is 10. The number of hydrogen-bond donors (Lipinski definition) is 6. The van der Waals surface area contributed by atoms with E-state index in [0.29, 0.717) is 24.6 Å². The van der Waals surface area contributed by atoms with Crippen LogP contribution in [0.1, 0.15) is 133 Å². The lowest BCUT2D eigenvalue weighted by atomic mass is 10.1. The molecule has 0 saturated heterocycles. The van der Waals surface area contributed by atoms with E-state index >= 15 is 0 Å². The number of hydroxylamine groups is 2. The molecule has 6 N–H and O–H groups in total. The molecule has 1 atom stereocenters. The molecule has 0 aromatic carbocycles. The highest BCUT2D eigenvalue weighted by Gasteiger charge is 2.23. The molecule has 5 amide bonds. The topological polar surface area (TPSA) is 209 Å². The van der Waals surface area contributed by atoms with Crippen LogP contribution in [0.4, 0.5) is 14.4 Å². The van der Waals surface area contributed by atoms with E-state index in [-0.39, 0.29) is 36.8 Å². The Kier molecular flexibility index (Phi) is 22.8. The molecule has 296 valence electrons. The van der Waals surface area contributed by atoms with Crippen molar-refractivity contribution in [3.63, 3.8) is 0 Å². The summed E-state index contributed by atoms with van der Waals surface area (Å²) >= 11 is 0. The van der Waals surface area contributed by atoms with Crippen LogP contribution < -0.4 is 26.6 Å². The van der Waals surface area contributed by atoms with Gasteiger partial charge in [0.15, 0.2) is 0 Å². The number of amides is 5. The lowest BCUT2D eigenvalue weighted by Gasteiger charge is -2.23. The monoisotopic (exact) mass is 730 g/mol. The number of carbonyl (C=O) groups excluding carboxylic acids is 5. The third-order valence-electron chi connectivity index (χ3n) is 6.51. The first-order valence-electron chi connectivity index (χ1n) is 18.1. The minimum Gasteiger partial charge on any atom is -0.444 e. The molecular formula is C35H67N7O9. The van der Waals surface area contributed by atoms with Gasteiger partial charge in [0.1, 0.15) is 23.2 Å². The lowest BCUT2D eigenvalue weighted by molar-refractivity contribution is -0.129. The fourth-order valence-electron chi connectivity index (χ4n) is 4.24. The normalized spacial score (nSPS) is 12.7. The quantitative estimate of drug-likeness (QED) is 0.0242. The van der Waals surface area contributed by atoms with Crippen LogP contribution in [0.15, 0.2) is 4.99 Å². The van der Waals surface area contributed by atoms with Crippen molar-refractivity contribution in [2.45, 2.75) is 156 Å². The average Bonchev–Trinajstić information content (AvgIpc) is 2.94. The van der Waals surface area contributed by atoms with Crippen molar-refractivity contribution in [1.29, 1.82) is 0 Å². The second-order valence-corrected chi connectivity index (χ2v) is 15.5. The Morgan fingerprint density at radius 1 is 0.647 bits per heavy atom. The van der Waals surface area contributed by atoms with Gasteiger partial charge >= 0.3 is 18.3 Å². The number of unbranched alkanes of at least 4 members (excludes halogenated alkanes) is 6. The van der Waals surface area contributed by atoms with E-state index in [4.69, 9.17) is 14.2 Å². The summed E-state index contributed by atoms with van der Waals surface area (Å²) in [6.45, 7) is 20.1. The van der Waals surface area contributed by atoms with E-state index in [1.54, 1.807) is 41.5 Å². The van der Waals surface area contributed by atoms with Crippen LogP contribution in [0.2, 0.25) is 0 Å². The highest BCUT2D eigenvalue weighted by Crippen LogP contribution is 2.11. The van der Waals surface area contributed by atoms with Gasteiger partial charge in [0.05, 0.1) is 0 Å². The number of ether oxygens (including phenoxy) is 3. The number of rotatable bonds is 20. The van der Waals surface area contributed by atoms with Gasteiger partial charge in [-0.05, 0) is 114 Å². The molecule has 0 rings (SSSR count). The molecule has 0 fully saturated rings. The highest BCUT2D eigenvalue weighted by atomic mass is 16.6. The first-order valence-corrected chi connectivity index (χ1v) is 18.1. The summed E-state index contributed by atoms with van der Waals surface area (Å²) in [5.41, 5.74) is -2.12. The van der Waals surface area contributed by atoms with E-state index in [9.17, 15) is 29.2 Å². The predicted molar refractivity (Wildman–Crippen MR) is 195 cm³/mol. The van der Waals surface area contributed by atoms with Crippen molar-refractivity contribution in [3.8, 4) is 0 Å². The SMILES string of the molecule is CC(CCNCCCCNC(=O)CC(=O)NCCCCCCCCN(O)C(=NC(=O)OC(C)(C)C)NC(=O)OC(C)(C)C)NC(=O)OC(C)(C)C. The maximum absolute atomic E-state index is 12.2. The van der Waals surface area contributed by atoms with Crippen molar-refractivity contribution < 1.29 is 43.4 Å². The molecule has 0 aromatic heterocycles. The molecule has 0 heterocycles. The zero-order valence-electron chi connectivity index (χ0n) is 32.8. The molecule has 0 radical (unpaired) electrons. The van der Waals surface area contributed by atoms with Gasteiger partial charge in [0.2, 0.25) is 17.8 Å². The van der Waals surface area contributed by atoms with Crippen molar-refractivity contribution in [2.24, 2.45) is 4.99 Å². The molecular weight excluding hydrogens is 662 g/mol. The summed E-state index contributed by atoms with van der Waals surface area (Å²) in [6.07, 6.45) is 4.74. The molecule has 16 heteroatoms. The molecule has 0 aliphatic heterocycles. The van der Waals surface area contributed by atoms with Crippen LogP contribution in [0.3, 0.4) is 0 Å². The van der Waals surface area contributed by atoms with Crippen LogP contribution >= 0.6 is 0 Å². The largest absolute Gasteiger partial charge is 0.444 e. The smallest absolute Gasteiger partial charge is 0.437 e. The molecule has 0 bridgehead atoms. The molecule has 0 aliphatic carbocycles. The van der Waals surface area contributed by atoms with Gasteiger partial charge in [-0.3, -0.25) is 20.1 Å². The van der Waals surface area contributed by atoms with E-state index in [1.807, 2.05) is 27.7 Å². The summed E-state index contributed by atoms with van der Waals surface area (Å²) in [4.78, 5) is 64.1. The maximum atomic E-state index is 12.2. The number of aliphatic imine (C=N–C) groups is 1. The number of nitrogens with one attached hydrogen (secondary N) is 5. The molecule has 0 aliphatic rings. The molecule has 16 nitrogen and oxygen atoms in total. The summed E-state index contributed by atoms with van der Waals surface area (Å²) in [6, 6.07) is -0.0124. The standard InChI is InChI=1S/C35H67N7O9/c1-26(39-30(45)49-33(2,3)4)19-23-36-20-16-17-22-38-28(44)25-27(43)37-21-15-13-11-12-14-18-24-42(48)29(40-31(46)50-34(5,6)7)41-32(47)51-35(8,9)10/h26,36,48H,11-25H2,1-10H3,(H,37,43)(H,38,44)(H,39,45)(H,40,41,46,47). The third-order valence-corrected chi connectivity index (χ3v) is 6.51. The van der Waals surface area contributed by atoms with Crippen molar-refractivity contribution in [1.82, 2.24) is 31.6 Å². The Balaban J connectivity index is 4.06. The highest BCUT2D eigenvalue weighted by molar-refractivity contribution is 5.98. The minimum atomic E-state index is -0.963. The Labute approximate surface area is 304 Å². The van der Waals surface area contributed by atoms with Gasteiger partial charge < -0.3 is 35.5 Å². The molecule has 0 aromatic rings. The van der Waals surface area contributed by atoms with Crippen LogP contribution in [0, 0.1) is 0 Å². The summed E-state index contributed by atoms with van der Waals surface area (Å²) < 4.78 is 15.6. The molecule has 51 heavy (non-hydrogen) atoms. The van der Waals surface area contributed by atoms with Crippen LogP contribution in [-0.2, 0) is 23.8 Å². The van der Waals surface area contributed by atoms with Gasteiger partial charge in [0, 0.05) is 25.7 Å². The first kappa shape index (κ1) is 47.3. The van der Waals surface area contributed by atoms with E-state index in [0.717, 1.165) is 64.5 Å². The van der Waals surface area contributed by atoms with Crippen molar-refractivity contribution in [3.05, 3.63) is 0 Å². The van der Waals surface area contributed by atoms with Gasteiger partial charge in [-0.15, -0.1) is 4.99 Å². The Hall–Kier alpha value is -3.66. The van der Waals surface area contributed by atoms with Crippen molar-refractivity contribution >= 4 is 36.1 Å². The molecule has 0 spiro atoms. The van der Waals surface area contributed by atoms with Gasteiger partial charge in [0.25, 0.3) is 0 Å². The summed E-state index contributed by atoms with van der Waals surface area (Å²) in [5.74, 6) is -0.999. The fourth-order valence-corrected chi connectivity index (χ4v) is 4.24. The second kappa shape index (κ2) is 24.5. The van der Waals surface area contributed by atoms with E-state index < -0.39 is 35.1 Å². The van der Waals surface area contributed by atoms with Crippen LogP contribution in [0.25, 0.3) is 0 Å². The Bertz CT molecular complexity index is 1100. The van der Waals surface area contributed by atoms with Crippen LogP contribution in [0.5, 0.6) is 0 Å². The van der Waals surface area contributed by atoms with Gasteiger partial charge in [-0.25, -0.2) is 19.4 Å². The number of carbonyl (C=O) groups is 5. The number of alkyl carbamates (subject to hydrolysis) is 2. The summed E-state index contributed by atoms with van der Waals surface area (Å²) in [5, 5.41) is 25.2. The number of guanidine groups is 1. The van der Waals surface area contributed by atoms with E-state index in [1.165, 1.54) is 0 Å². The third kappa shape index (κ3) is 30.9. The number of nitrogens with zero attached hydrogens (tertiary/aromatic N) is 2. The summed E-state index contributed by atoms with van der Waals surface area (Å²) in [7, 11) is 0. The minimum absolute atomic E-state index is 0.0124. The fraction of sp³-hybridized carbons (Fsp3) is 0.829.